The number of rotatable bonds is 3. The van der Waals surface area contributed by atoms with Gasteiger partial charge < -0.3 is 10.5 Å². The van der Waals surface area contributed by atoms with Crippen LogP contribution in [-0.2, 0) is 12.8 Å². The smallest absolute Gasteiger partial charge is 0.141 e. The van der Waals surface area contributed by atoms with E-state index in [0.717, 1.165) is 23.4 Å². The Bertz CT molecular complexity index is 869. The Kier molecular flexibility index (Phi) is 3.26. The quantitative estimate of drug-likeness (QED) is 0.755. The molecule has 0 aliphatic heterocycles. The fourth-order valence-corrected chi connectivity index (χ4v) is 3.12. The molecule has 1 aliphatic carbocycles. The molecule has 2 N–H and O–H groups in total. The number of nitrogens with zero attached hydrogens (tertiary/aromatic N) is 3. The summed E-state index contributed by atoms with van der Waals surface area (Å²) in [6, 6.07) is 12.2. The van der Waals surface area contributed by atoms with Crippen LogP contribution in [0.15, 0.2) is 42.6 Å². The van der Waals surface area contributed by atoms with E-state index >= 15 is 0 Å². The number of methoxy groups -OCH3 is 1. The Balaban J connectivity index is 1.68. The van der Waals surface area contributed by atoms with Crippen molar-refractivity contribution in [3.63, 3.8) is 0 Å². The molecule has 0 atom stereocenters. The number of anilines is 1. The third-order valence-corrected chi connectivity index (χ3v) is 4.37. The minimum atomic E-state index is 0.583. The third kappa shape index (κ3) is 2.44. The van der Waals surface area contributed by atoms with Crippen molar-refractivity contribution >= 4 is 5.69 Å². The van der Waals surface area contributed by atoms with Crippen LogP contribution >= 0.6 is 0 Å². The predicted molar refractivity (Wildman–Crippen MR) is 89.8 cm³/mol. The van der Waals surface area contributed by atoms with E-state index in [2.05, 4.69) is 28.5 Å². The van der Waals surface area contributed by atoms with E-state index in [0.29, 0.717) is 11.4 Å². The highest BCUT2D eigenvalue weighted by Gasteiger charge is 2.13. The van der Waals surface area contributed by atoms with Crippen LogP contribution in [-0.4, -0.2) is 22.1 Å². The van der Waals surface area contributed by atoms with Gasteiger partial charge in [0, 0.05) is 5.56 Å². The first-order valence-electron chi connectivity index (χ1n) is 7.73. The normalized spacial score (nSPS) is 13.1. The molecule has 1 aromatic heterocycles. The molecule has 0 saturated carbocycles. The molecule has 1 aliphatic rings. The summed E-state index contributed by atoms with van der Waals surface area (Å²) in [4.78, 5) is 0. The molecule has 0 bridgehead atoms. The first-order valence-corrected chi connectivity index (χ1v) is 7.73. The highest BCUT2D eigenvalue weighted by Crippen LogP contribution is 2.28. The van der Waals surface area contributed by atoms with Crippen molar-refractivity contribution in [2.45, 2.75) is 19.3 Å². The molecule has 3 aromatic rings. The molecule has 0 unspecified atom stereocenters. The van der Waals surface area contributed by atoms with Crippen LogP contribution in [0.2, 0.25) is 0 Å². The highest BCUT2D eigenvalue weighted by molar-refractivity contribution is 5.62. The molecule has 0 spiro atoms. The monoisotopic (exact) mass is 306 g/mol. The van der Waals surface area contributed by atoms with Crippen LogP contribution in [0.5, 0.6) is 5.75 Å². The van der Waals surface area contributed by atoms with Crippen LogP contribution in [0.1, 0.15) is 17.5 Å². The van der Waals surface area contributed by atoms with Crippen LogP contribution in [0.25, 0.3) is 16.9 Å². The average molecular weight is 306 g/mol. The van der Waals surface area contributed by atoms with Gasteiger partial charge in [0.15, 0.2) is 0 Å². The van der Waals surface area contributed by atoms with Gasteiger partial charge in [-0.25, -0.2) is 4.68 Å². The summed E-state index contributed by atoms with van der Waals surface area (Å²) >= 11 is 0. The van der Waals surface area contributed by atoms with E-state index in [4.69, 9.17) is 10.5 Å². The van der Waals surface area contributed by atoms with Gasteiger partial charge in [-0.3, -0.25) is 0 Å². The maximum Gasteiger partial charge on any atom is 0.141 e. The Hall–Kier alpha value is -2.82. The van der Waals surface area contributed by atoms with Crippen molar-refractivity contribution < 1.29 is 4.74 Å². The molecule has 4 rings (SSSR count). The second-order valence-electron chi connectivity index (χ2n) is 5.81. The van der Waals surface area contributed by atoms with Gasteiger partial charge in [0.2, 0.25) is 0 Å². The zero-order chi connectivity index (χ0) is 15.8. The minimum absolute atomic E-state index is 0.583. The van der Waals surface area contributed by atoms with Gasteiger partial charge in [0.05, 0.1) is 24.7 Å². The number of aromatic nitrogens is 3. The topological polar surface area (TPSA) is 66.0 Å². The number of nitrogens with two attached hydrogens (primary N) is 1. The first-order chi connectivity index (χ1) is 11.2. The number of ether oxygens (including phenoxy) is 1. The largest absolute Gasteiger partial charge is 0.495 e. The summed E-state index contributed by atoms with van der Waals surface area (Å²) in [7, 11) is 1.60. The first kappa shape index (κ1) is 13.8. The van der Waals surface area contributed by atoms with Gasteiger partial charge in [-0.1, -0.05) is 17.3 Å². The van der Waals surface area contributed by atoms with Crippen LogP contribution < -0.4 is 10.5 Å². The summed E-state index contributed by atoms with van der Waals surface area (Å²) in [6.07, 6.45) is 5.52. The zero-order valence-corrected chi connectivity index (χ0v) is 13.0. The van der Waals surface area contributed by atoms with Crippen molar-refractivity contribution in [2.75, 3.05) is 12.8 Å². The molecule has 2 aromatic carbocycles. The van der Waals surface area contributed by atoms with Gasteiger partial charge in [0.25, 0.3) is 0 Å². The minimum Gasteiger partial charge on any atom is -0.495 e. The van der Waals surface area contributed by atoms with Crippen LogP contribution in [0, 0.1) is 0 Å². The number of benzene rings is 2. The van der Waals surface area contributed by atoms with Crippen molar-refractivity contribution in [2.24, 2.45) is 0 Å². The lowest BCUT2D eigenvalue weighted by atomic mass is 10.0. The zero-order valence-electron chi connectivity index (χ0n) is 13.0. The maximum absolute atomic E-state index is 5.96. The maximum atomic E-state index is 5.96. The van der Waals surface area contributed by atoms with Crippen molar-refractivity contribution in [3.05, 3.63) is 53.7 Å². The number of hydrogen-bond acceptors (Lipinski definition) is 4. The van der Waals surface area contributed by atoms with Gasteiger partial charge in [-0.2, -0.15) is 0 Å². The fourth-order valence-electron chi connectivity index (χ4n) is 3.12. The Labute approximate surface area is 134 Å². The molecular formula is C18H18N4O. The van der Waals surface area contributed by atoms with E-state index in [1.807, 2.05) is 24.4 Å². The lowest BCUT2D eigenvalue weighted by Gasteiger charge is -2.06. The van der Waals surface area contributed by atoms with E-state index in [1.165, 1.54) is 24.0 Å². The molecule has 0 fully saturated rings. The standard InChI is InChI=1S/C18H18N4O/c1-23-18-8-7-15(10-16(18)19)22-11-17(20-21-22)14-6-5-12-3-2-4-13(12)9-14/h5-11H,2-4,19H2,1H3. The summed E-state index contributed by atoms with van der Waals surface area (Å²) in [5.41, 5.74) is 12.3. The van der Waals surface area contributed by atoms with Crippen molar-refractivity contribution in [1.29, 1.82) is 0 Å². The molecule has 0 radical (unpaired) electrons. The lowest BCUT2D eigenvalue weighted by Crippen LogP contribution is -1.98. The molecule has 5 nitrogen and oxygen atoms in total. The van der Waals surface area contributed by atoms with E-state index < -0.39 is 0 Å². The van der Waals surface area contributed by atoms with Crippen molar-refractivity contribution in [1.82, 2.24) is 15.0 Å². The molecule has 0 amide bonds. The SMILES string of the molecule is COc1ccc(-n2cc(-c3ccc4c(c3)CCC4)nn2)cc1N. The fraction of sp³-hybridized carbons (Fsp3) is 0.222. The number of fused-ring (bicyclic) bond motifs is 1. The number of nitrogen functional groups attached to an aromatic ring is 1. The van der Waals surface area contributed by atoms with Crippen LogP contribution in [0.3, 0.4) is 0 Å². The lowest BCUT2D eigenvalue weighted by molar-refractivity contribution is 0.417. The van der Waals surface area contributed by atoms with Crippen molar-refractivity contribution in [3.8, 4) is 22.7 Å². The molecular weight excluding hydrogens is 288 g/mol. The second kappa shape index (κ2) is 5.43. The Morgan fingerprint density at radius 2 is 1.96 bits per heavy atom. The number of hydrogen-bond donors (Lipinski definition) is 1. The number of aryl methyl sites for hydroxylation is 2. The average Bonchev–Trinajstić information content (AvgIpc) is 3.23. The van der Waals surface area contributed by atoms with Gasteiger partial charge in [-0.05, 0) is 54.7 Å². The van der Waals surface area contributed by atoms with Gasteiger partial charge in [0.1, 0.15) is 11.4 Å². The molecule has 0 saturated heterocycles. The van der Waals surface area contributed by atoms with E-state index in [-0.39, 0.29) is 0 Å². The highest BCUT2D eigenvalue weighted by atomic mass is 16.5. The second-order valence-corrected chi connectivity index (χ2v) is 5.81. The molecule has 23 heavy (non-hydrogen) atoms. The predicted octanol–water partition coefficient (Wildman–Crippen LogP) is 3.01. The summed E-state index contributed by atoms with van der Waals surface area (Å²) in [6.45, 7) is 0. The van der Waals surface area contributed by atoms with E-state index in [9.17, 15) is 0 Å². The third-order valence-electron chi connectivity index (χ3n) is 4.37. The Morgan fingerprint density at radius 3 is 2.78 bits per heavy atom. The van der Waals surface area contributed by atoms with Gasteiger partial charge in [-0.15, -0.1) is 5.10 Å². The summed E-state index contributed by atoms with van der Waals surface area (Å²) in [5, 5.41) is 8.52. The van der Waals surface area contributed by atoms with Crippen LogP contribution in [0.4, 0.5) is 5.69 Å². The molecule has 5 heteroatoms. The molecule has 116 valence electrons. The van der Waals surface area contributed by atoms with E-state index in [1.54, 1.807) is 11.8 Å². The van der Waals surface area contributed by atoms with Gasteiger partial charge >= 0.3 is 0 Å². The summed E-state index contributed by atoms with van der Waals surface area (Å²) in [5.74, 6) is 0.660. The Morgan fingerprint density at radius 1 is 1.09 bits per heavy atom. The molecule has 1 heterocycles. The summed E-state index contributed by atoms with van der Waals surface area (Å²) < 4.78 is 6.92.